The van der Waals surface area contributed by atoms with E-state index < -0.39 is 0 Å². The molecule has 0 saturated heterocycles. The van der Waals surface area contributed by atoms with Crippen molar-refractivity contribution in [3.05, 3.63) is 72.7 Å². The molecule has 124 valence electrons. The van der Waals surface area contributed by atoms with Crippen LogP contribution >= 0.6 is 0 Å². The fourth-order valence-corrected chi connectivity index (χ4v) is 3.15. The fourth-order valence-electron chi connectivity index (χ4n) is 3.15. The summed E-state index contributed by atoms with van der Waals surface area (Å²) in [6.45, 7) is 0. The maximum Gasteiger partial charge on any atom is 0.140 e. The molecule has 1 N–H and O–H groups in total. The predicted molar refractivity (Wildman–Crippen MR) is 104 cm³/mol. The van der Waals surface area contributed by atoms with Crippen LogP contribution in [0.1, 0.15) is 5.56 Å². The highest BCUT2D eigenvalue weighted by Gasteiger charge is 2.11. The van der Waals surface area contributed by atoms with E-state index in [1.807, 2.05) is 36.5 Å². The molecule has 0 unspecified atom stereocenters. The SMILES string of the molecule is C1=Nc2cc(Nc3nc(-c4ccncc4)cc4ncccc34)ccc2C1. The maximum absolute atomic E-state index is 4.84. The summed E-state index contributed by atoms with van der Waals surface area (Å²) in [4.78, 5) is 17.9. The van der Waals surface area contributed by atoms with E-state index in [9.17, 15) is 0 Å². The molecular weight excluding hydrogens is 322 g/mol. The van der Waals surface area contributed by atoms with Crippen LogP contribution in [0.25, 0.3) is 22.2 Å². The van der Waals surface area contributed by atoms with E-state index in [0.29, 0.717) is 0 Å². The van der Waals surface area contributed by atoms with Crippen molar-refractivity contribution in [3.63, 3.8) is 0 Å². The predicted octanol–water partition coefficient (Wildman–Crippen LogP) is 4.69. The third-order valence-electron chi connectivity index (χ3n) is 4.47. The van der Waals surface area contributed by atoms with Crippen molar-refractivity contribution in [2.45, 2.75) is 6.42 Å². The van der Waals surface area contributed by atoms with E-state index in [2.05, 4.69) is 38.5 Å². The summed E-state index contributed by atoms with van der Waals surface area (Å²) in [6, 6.07) is 16.1. The second-order valence-corrected chi connectivity index (χ2v) is 6.15. The van der Waals surface area contributed by atoms with Crippen LogP contribution in [0.15, 0.2) is 72.1 Å². The third-order valence-corrected chi connectivity index (χ3v) is 4.47. The van der Waals surface area contributed by atoms with Gasteiger partial charge < -0.3 is 5.32 Å². The van der Waals surface area contributed by atoms with Gasteiger partial charge in [0, 0.05) is 47.9 Å². The van der Waals surface area contributed by atoms with Gasteiger partial charge in [-0.05, 0) is 48.0 Å². The number of benzene rings is 1. The van der Waals surface area contributed by atoms with Crippen molar-refractivity contribution in [3.8, 4) is 11.3 Å². The van der Waals surface area contributed by atoms with E-state index in [0.717, 1.165) is 45.8 Å². The van der Waals surface area contributed by atoms with Gasteiger partial charge in [0.05, 0.1) is 16.9 Å². The second-order valence-electron chi connectivity index (χ2n) is 6.15. The summed E-state index contributed by atoms with van der Waals surface area (Å²) in [5, 5.41) is 4.43. The number of rotatable bonds is 3. The first kappa shape index (κ1) is 14.7. The van der Waals surface area contributed by atoms with Crippen LogP contribution in [0.4, 0.5) is 17.2 Å². The number of nitrogens with one attached hydrogen (secondary N) is 1. The molecule has 0 spiro atoms. The minimum Gasteiger partial charge on any atom is -0.340 e. The van der Waals surface area contributed by atoms with Gasteiger partial charge >= 0.3 is 0 Å². The summed E-state index contributed by atoms with van der Waals surface area (Å²) < 4.78 is 0. The van der Waals surface area contributed by atoms with Gasteiger partial charge in [-0.1, -0.05) is 6.07 Å². The van der Waals surface area contributed by atoms with E-state index in [1.54, 1.807) is 18.6 Å². The molecule has 4 heterocycles. The van der Waals surface area contributed by atoms with Crippen LogP contribution in [-0.4, -0.2) is 21.2 Å². The molecule has 5 nitrogen and oxygen atoms in total. The van der Waals surface area contributed by atoms with Gasteiger partial charge in [-0.3, -0.25) is 15.0 Å². The van der Waals surface area contributed by atoms with Gasteiger partial charge in [0.1, 0.15) is 5.82 Å². The van der Waals surface area contributed by atoms with Crippen molar-refractivity contribution in [1.29, 1.82) is 0 Å². The fraction of sp³-hybridized carbons (Fsp3) is 0.0476. The van der Waals surface area contributed by atoms with Crippen LogP contribution < -0.4 is 5.32 Å². The van der Waals surface area contributed by atoms with Gasteiger partial charge in [-0.25, -0.2) is 4.98 Å². The lowest BCUT2D eigenvalue weighted by atomic mass is 10.1. The van der Waals surface area contributed by atoms with Crippen molar-refractivity contribution in [2.24, 2.45) is 4.99 Å². The molecule has 26 heavy (non-hydrogen) atoms. The zero-order valence-corrected chi connectivity index (χ0v) is 13.9. The highest BCUT2D eigenvalue weighted by atomic mass is 15.0. The number of anilines is 2. The monoisotopic (exact) mass is 337 g/mol. The van der Waals surface area contributed by atoms with Gasteiger partial charge in [0.2, 0.25) is 0 Å². The molecule has 5 heteroatoms. The van der Waals surface area contributed by atoms with Crippen LogP contribution in [0.5, 0.6) is 0 Å². The topological polar surface area (TPSA) is 63.1 Å². The lowest BCUT2D eigenvalue weighted by molar-refractivity contribution is 1.28. The number of aromatic nitrogens is 3. The zero-order chi connectivity index (χ0) is 17.3. The molecule has 1 aromatic carbocycles. The molecule has 0 fully saturated rings. The Labute approximate surface area is 150 Å². The van der Waals surface area contributed by atoms with E-state index >= 15 is 0 Å². The largest absolute Gasteiger partial charge is 0.340 e. The molecule has 1 aliphatic rings. The Bertz CT molecular complexity index is 1140. The number of pyridine rings is 3. The average molecular weight is 337 g/mol. The first-order valence-corrected chi connectivity index (χ1v) is 8.45. The number of hydrogen-bond donors (Lipinski definition) is 1. The van der Waals surface area contributed by atoms with E-state index in [4.69, 9.17) is 4.98 Å². The maximum atomic E-state index is 4.84. The Morgan fingerprint density at radius 2 is 1.85 bits per heavy atom. The summed E-state index contributed by atoms with van der Waals surface area (Å²) in [7, 11) is 0. The summed E-state index contributed by atoms with van der Waals surface area (Å²) in [5.74, 6) is 0.782. The van der Waals surface area contributed by atoms with Crippen LogP contribution in [-0.2, 0) is 6.42 Å². The van der Waals surface area contributed by atoms with Crippen LogP contribution in [0.2, 0.25) is 0 Å². The Kier molecular flexibility index (Phi) is 3.42. The van der Waals surface area contributed by atoms with Crippen molar-refractivity contribution in [2.75, 3.05) is 5.32 Å². The van der Waals surface area contributed by atoms with Crippen molar-refractivity contribution < 1.29 is 0 Å². The number of nitrogens with zero attached hydrogens (tertiary/aromatic N) is 4. The zero-order valence-electron chi connectivity index (χ0n) is 13.9. The smallest absolute Gasteiger partial charge is 0.140 e. The molecule has 0 atom stereocenters. The molecule has 1 aliphatic heterocycles. The highest BCUT2D eigenvalue weighted by molar-refractivity contribution is 5.93. The Hall–Kier alpha value is -3.60. The minimum absolute atomic E-state index is 0.782. The minimum atomic E-state index is 0.782. The summed E-state index contributed by atoms with van der Waals surface area (Å²) in [6.07, 6.45) is 8.18. The summed E-state index contributed by atoms with van der Waals surface area (Å²) in [5.41, 5.74) is 6.00. The molecule has 0 aliphatic carbocycles. The number of fused-ring (bicyclic) bond motifs is 2. The Balaban J connectivity index is 1.63. The normalized spacial score (nSPS) is 12.3. The lowest BCUT2D eigenvalue weighted by Gasteiger charge is -2.12. The molecule has 0 radical (unpaired) electrons. The molecule has 0 bridgehead atoms. The van der Waals surface area contributed by atoms with Gasteiger partial charge in [0.25, 0.3) is 0 Å². The van der Waals surface area contributed by atoms with E-state index in [1.165, 1.54) is 5.56 Å². The van der Waals surface area contributed by atoms with Gasteiger partial charge in [-0.2, -0.15) is 0 Å². The number of hydrogen-bond acceptors (Lipinski definition) is 5. The molecule has 4 aromatic rings. The third kappa shape index (κ3) is 2.59. The highest BCUT2D eigenvalue weighted by Crippen LogP contribution is 2.32. The molecule has 0 saturated carbocycles. The molecular formula is C21H15N5. The van der Waals surface area contributed by atoms with E-state index in [-0.39, 0.29) is 0 Å². The van der Waals surface area contributed by atoms with Crippen LogP contribution in [0, 0.1) is 0 Å². The van der Waals surface area contributed by atoms with Crippen LogP contribution in [0.3, 0.4) is 0 Å². The first-order chi connectivity index (χ1) is 12.9. The summed E-state index contributed by atoms with van der Waals surface area (Å²) >= 11 is 0. The first-order valence-electron chi connectivity index (χ1n) is 8.45. The quantitative estimate of drug-likeness (QED) is 0.589. The number of aliphatic imine (C=N–C) groups is 1. The second kappa shape index (κ2) is 6.04. The average Bonchev–Trinajstić information content (AvgIpc) is 3.16. The van der Waals surface area contributed by atoms with Gasteiger partial charge in [-0.15, -0.1) is 0 Å². The Morgan fingerprint density at radius 3 is 2.77 bits per heavy atom. The Morgan fingerprint density at radius 1 is 0.923 bits per heavy atom. The molecule has 3 aromatic heterocycles. The molecule has 5 rings (SSSR count). The lowest BCUT2D eigenvalue weighted by Crippen LogP contribution is -1.98. The van der Waals surface area contributed by atoms with Crippen molar-refractivity contribution in [1.82, 2.24) is 15.0 Å². The molecule has 0 amide bonds. The van der Waals surface area contributed by atoms with Gasteiger partial charge in [0.15, 0.2) is 0 Å². The standard InChI is InChI=1S/C21H15N5/c1-2-17-20(23-8-1)13-19(15-5-9-22-10-6-15)26-21(17)25-16-4-3-14-7-11-24-18(14)12-16/h1-6,8-13H,7H2,(H,25,26). The van der Waals surface area contributed by atoms with Crippen molar-refractivity contribution >= 4 is 34.3 Å².